The monoisotopic (exact) mass is 287 g/mol. The van der Waals surface area contributed by atoms with Crippen molar-refractivity contribution in [2.45, 2.75) is 0 Å². The Labute approximate surface area is 122 Å². The molecule has 7 heteroatoms. The van der Waals surface area contributed by atoms with Crippen LogP contribution in [0.3, 0.4) is 0 Å². The maximum Gasteiger partial charge on any atom is 0.273 e. The number of nitrogens with two attached hydrogens (primary N) is 1. The summed E-state index contributed by atoms with van der Waals surface area (Å²) in [5.41, 5.74) is 5.32. The molecule has 0 heterocycles. The molecule has 2 rings (SSSR count). The van der Waals surface area contributed by atoms with Crippen molar-refractivity contribution >= 4 is 28.4 Å². The molecule has 0 aromatic heterocycles. The Kier molecular flexibility index (Phi) is 4.24. The predicted molar refractivity (Wildman–Crippen MR) is 85.0 cm³/mol. The van der Waals surface area contributed by atoms with Gasteiger partial charge >= 0.3 is 0 Å². The number of nitrogens with zero attached hydrogens (tertiary/aromatic N) is 2. The number of nitrogen functional groups attached to an aromatic ring is 1. The van der Waals surface area contributed by atoms with Gasteiger partial charge in [0.2, 0.25) is 0 Å². The quantitative estimate of drug-likeness (QED) is 0.444. The molecule has 4 N–H and O–H groups in total. The highest BCUT2D eigenvalue weighted by Gasteiger charge is 2.09. The van der Waals surface area contributed by atoms with Crippen LogP contribution < -0.4 is 21.5 Å². The molecule has 0 saturated heterocycles. The molecular weight excluding hydrogens is 270 g/mol. The summed E-state index contributed by atoms with van der Waals surface area (Å²) in [6.45, 7) is 0. The third kappa shape index (κ3) is 3.61. The predicted octanol–water partition coefficient (Wildman–Crippen LogP) is 2.69. The van der Waals surface area contributed by atoms with Gasteiger partial charge in [0.1, 0.15) is 0 Å². The van der Waals surface area contributed by atoms with Gasteiger partial charge in [-0.15, -0.1) is 0 Å². The molecule has 2 aromatic carbocycles. The highest BCUT2D eigenvalue weighted by molar-refractivity contribution is 5.70. The van der Waals surface area contributed by atoms with E-state index in [1.54, 1.807) is 6.07 Å². The van der Waals surface area contributed by atoms with E-state index in [4.69, 9.17) is 5.84 Å². The summed E-state index contributed by atoms with van der Waals surface area (Å²) in [6, 6.07) is 12.3. The van der Waals surface area contributed by atoms with Crippen LogP contribution in [-0.2, 0) is 0 Å². The van der Waals surface area contributed by atoms with Crippen molar-refractivity contribution in [2.24, 2.45) is 5.84 Å². The van der Waals surface area contributed by atoms with E-state index in [0.717, 1.165) is 11.4 Å². The van der Waals surface area contributed by atoms with Gasteiger partial charge in [-0.1, -0.05) is 6.07 Å². The van der Waals surface area contributed by atoms with E-state index in [1.807, 2.05) is 43.3 Å². The fourth-order valence-electron chi connectivity index (χ4n) is 1.90. The Balaban J connectivity index is 2.32. The lowest BCUT2D eigenvalue weighted by molar-refractivity contribution is -0.384. The van der Waals surface area contributed by atoms with Gasteiger partial charge in [-0.3, -0.25) is 16.0 Å². The number of hydrogen-bond acceptors (Lipinski definition) is 6. The summed E-state index contributed by atoms with van der Waals surface area (Å²) in [5.74, 6) is 5.34. The van der Waals surface area contributed by atoms with Crippen LogP contribution in [0.15, 0.2) is 42.5 Å². The molecule has 0 unspecified atom stereocenters. The van der Waals surface area contributed by atoms with E-state index in [9.17, 15) is 10.1 Å². The van der Waals surface area contributed by atoms with E-state index < -0.39 is 4.92 Å². The molecule has 7 nitrogen and oxygen atoms in total. The zero-order valence-corrected chi connectivity index (χ0v) is 11.8. The minimum Gasteiger partial charge on any atom is -0.378 e. The maximum atomic E-state index is 10.9. The Bertz CT molecular complexity index is 658. The lowest BCUT2D eigenvalue weighted by Gasteiger charge is -2.14. The summed E-state index contributed by atoms with van der Waals surface area (Å²) >= 11 is 0. The van der Waals surface area contributed by atoms with Crippen LogP contribution in [0.25, 0.3) is 0 Å². The maximum absolute atomic E-state index is 10.9. The average Bonchev–Trinajstić information content (AvgIpc) is 2.47. The number of nitro groups is 1. The zero-order valence-electron chi connectivity index (χ0n) is 11.8. The number of non-ortho nitro benzene ring substituents is 1. The van der Waals surface area contributed by atoms with Crippen molar-refractivity contribution in [3.63, 3.8) is 0 Å². The molecule has 0 atom stereocenters. The first-order valence-electron chi connectivity index (χ1n) is 6.30. The fourth-order valence-corrected chi connectivity index (χ4v) is 1.90. The van der Waals surface area contributed by atoms with Crippen molar-refractivity contribution < 1.29 is 4.92 Å². The van der Waals surface area contributed by atoms with Crippen molar-refractivity contribution in [1.82, 2.24) is 0 Å². The van der Waals surface area contributed by atoms with Crippen LogP contribution in [0.5, 0.6) is 0 Å². The lowest BCUT2D eigenvalue weighted by Crippen LogP contribution is -2.09. The molecule has 0 aliphatic heterocycles. The molecule has 2 aromatic rings. The van der Waals surface area contributed by atoms with Crippen LogP contribution >= 0.6 is 0 Å². The van der Waals surface area contributed by atoms with Gasteiger partial charge in [0, 0.05) is 43.3 Å². The number of nitrogens with one attached hydrogen (secondary N) is 2. The molecule has 0 bridgehead atoms. The van der Waals surface area contributed by atoms with Gasteiger partial charge in [-0.2, -0.15) is 0 Å². The van der Waals surface area contributed by atoms with Crippen LogP contribution in [0.2, 0.25) is 0 Å². The Morgan fingerprint density at radius 2 is 1.81 bits per heavy atom. The number of benzene rings is 2. The van der Waals surface area contributed by atoms with Crippen molar-refractivity contribution in [3.8, 4) is 0 Å². The molecular formula is C14H17N5O2. The third-order valence-electron chi connectivity index (χ3n) is 2.95. The highest BCUT2D eigenvalue weighted by Crippen LogP contribution is 2.27. The van der Waals surface area contributed by atoms with Gasteiger partial charge in [-0.05, 0) is 24.3 Å². The first kappa shape index (κ1) is 14.6. The van der Waals surface area contributed by atoms with Gasteiger partial charge in [0.05, 0.1) is 10.6 Å². The van der Waals surface area contributed by atoms with E-state index >= 15 is 0 Å². The van der Waals surface area contributed by atoms with E-state index in [0.29, 0.717) is 11.4 Å². The van der Waals surface area contributed by atoms with Gasteiger partial charge in [0.15, 0.2) is 0 Å². The average molecular weight is 287 g/mol. The first-order valence-corrected chi connectivity index (χ1v) is 6.30. The molecule has 0 amide bonds. The summed E-state index contributed by atoms with van der Waals surface area (Å²) in [7, 11) is 3.89. The van der Waals surface area contributed by atoms with Crippen molar-refractivity contribution in [1.29, 1.82) is 0 Å². The van der Waals surface area contributed by atoms with Crippen LogP contribution in [-0.4, -0.2) is 19.0 Å². The normalized spacial score (nSPS) is 10.0. The number of rotatable bonds is 5. The lowest BCUT2D eigenvalue weighted by atomic mass is 10.2. The topological polar surface area (TPSA) is 96.5 Å². The van der Waals surface area contributed by atoms with Crippen LogP contribution in [0.4, 0.5) is 28.4 Å². The molecule has 0 fully saturated rings. The second-order valence-electron chi connectivity index (χ2n) is 4.74. The summed E-state index contributed by atoms with van der Waals surface area (Å²) < 4.78 is 0. The van der Waals surface area contributed by atoms with Crippen LogP contribution in [0.1, 0.15) is 0 Å². The SMILES string of the molecule is CN(C)c1cccc(Nc2cc(NN)cc([N+](=O)[O-])c2)c1. The Morgan fingerprint density at radius 1 is 1.10 bits per heavy atom. The smallest absolute Gasteiger partial charge is 0.273 e. The largest absolute Gasteiger partial charge is 0.378 e. The van der Waals surface area contributed by atoms with E-state index in [2.05, 4.69) is 10.7 Å². The second kappa shape index (κ2) is 6.10. The Morgan fingerprint density at radius 3 is 2.43 bits per heavy atom. The van der Waals surface area contributed by atoms with Crippen LogP contribution in [0, 0.1) is 10.1 Å². The van der Waals surface area contributed by atoms with Gasteiger partial charge in [-0.25, -0.2) is 0 Å². The van der Waals surface area contributed by atoms with Gasteiger partial charge < -0.3 is 15.6 Å². The van der Waals surface area contributed by atoms with Crippen molar-refractivity contribution in [2.75, 3.05) is 29.7 Å². The number of nitro benzene ring substituents is 1. The summed E-state index contributed by atoms with van der Waals surface area (Å²) in [6.07, 6.45) is 0. The number of hydrogen-bond donors (Lipinski definition) is 3. The highest BCUT2D eigenvalue weighted by atomic mass is 16.6. The molecule has 0 radical (unpaired) electrons. The second-order valence-corrected chi connectivity index (χ2v) is 4.74. The van der Waals surface area contributed by atoms with Gasteiger partial charge in [0.25, 0.3) is 5.69 Å². The molecule has 0 saturated carbocycles. The first-order chi connectivity index (χ1) is 9.99. The molecule has 21 heavy (non-hydrogen) atoms. The van der Waals surface area contributed by atoms with Crippen molar-refractivity contribution in [3.05, 3.63) is 52.6 Å². The fraction of sp³-hybridized carbons (Fsp3) is 0.143. The zero-order chi connectivity index (χ0) is 15.4. The third-order valence-corrected chi connectivity index (χ3v) is 2.95. The standard InChI is InChI=1S/C14H17N5O2/c1-18(2)13-5-3-4-10(7-13)16-11-6-12(17-15)9-14(8-11)19(20)21/h3-9,16-17H,15H2,1-2H3. The minimum atomic E-state index is -0.456. The summed E-state index contributed by atoms with van der Waals surface area (Å²) in [4.78, 5) is 12.4. The molecule has 0 aliphatic rings. The van der Waals surface area contributed by atoms with E-state index in [1.165, 1.54) is 12.1 Å². The number of anilines is 4. The Hall–Kier alpha value is -2.80. The molecule has 0 aliphatic carbocycles. The molecule has 110 valence electrons. The summed E-state index contributed by atoms with van der Waals surface area (Å²) in [5, 5.41) is 14.1. The number of hydrazine groups is 1. The molecule has 0 spiro atoms. The minimum absolute atomic E-state index is 0.0308. The van der Waals surface area contributed by atoms with E-state index in [-0.39, 0.29) is 5.69 Å².